The number of carbonyl (C=O) groups is 3. The molecule has 0 spiro atoms. The molecule has 0 bridgehead atoms. The number of likely N-dealkylation sites (N-methyl/N-ethyl adjacent to an activating group) is 1. The van der Waals surface area contributed by atoms with Crippen molar-refractivity contribution in [2.75, 3.05) is 50.0 Å². The fourth-order valence-electron chi connectivity index (χ4n) is 5.55. The molecule has 3 heterocycles. The second kappa shape index (κ2) is 13.8. The fourth-order valence-corrected chi connectivity index (χ4v) is 5.55. The van der Waals surface area contributed by atoms with E-state index in [1.807, 2.05) is 63.2 Å². The molecule has 2 amide bonds. The first-order valence-electron chi connectivity index (χ1n) is 15.8. The van der Waals surface area contributed by atoms with Gasteiger partial charge in [0.15, 0.2) is 5.69 Å². The van der Waals surface area contributed by atoms with Gasteiger partial charge < -0.3 is 29.6 Å². The summed E-state index contributed by atoms with van der Waals surface area (Å²) in [6.07, 6.45) is -0.183. The average molecular weight is 642 g/mol. The molecule has 0 atom stereocenters. The molecule has 0 saturated carbocycles. The van der Waals surface area contributed by atoms with E-state index in [9.17, 15) is 19.5 Å². The summed E-state index contributed by atoms with van der Waals surface area (Å²) in [5.41, 5.74) is 5.32. The second-order valence-electron chi connectivity index (χ2n) is 13.2. The Morgan fingerprint density at radius 3 is 2.34 bits per heavy atom. The Labute approximate surface area is 274 Å². The minimum atomic E-state index is -0.979. The summed E-state index contributed by atoms with van der Waals surface area (Å²) >= 11 is 0. The SMILES string of the molecule is Cc1cc(C(=O)Nc2cc(-c3cccc(CN(CCC(=O)O)C(=O)c4cc(C(C)(C)C)nn4C)c3)ccc2N2CCN(C)CC2)no1. The summed E-state index contributed by atoms with van der Waals surface area (Å²) < 4.78 is 6.69. The molecule has 248 valence electrons. The lowest BCUT2D eigenvalue weighted by molar-refractivity contribution is -0.137. The molecular weight excluding hydrogens is 598 g/mol. The van der Waals surface area contributed by atoms with Gasteiger partial charge in [0.05, 0.1) is 23.5 Å². The van der Waals surface area contributed by atoms with Crippen LogP contribution in [0.5, 0.6) is 0 Å². The Morgan fingerprint density at radius 2 is 1.70 bits per heavy atom. The number of amides is 2. The summed E-state index contributed by atoms with van der Waals surface area (Å²) in [6.45, 7) is 11.6. The molecule has 12 heteroatoms. The van der Waals surface area contributed by atoms with Crippen LogP contribution in [0.3, 0.4) is 0 Å². The lowest BCUT2D eigenvalue weighted by Crippen LogP contribution is -2.44. The molecule has 12 nitrogen and oxygen atoms in total. The van der Waals surface area contributed by atoms with Crippen molar-refractivity contribution in [1.29, 1.82) is 0 Å². The first-order valence-corrected chi connectivity index (χ1v) is 15.8. The first-order chi connectivity index (χ1) is 22.3. The van der Waals surface area contributed by atoms with Gasteiger partial charge in [0.1, 0.15) is 11.5 Å². The predicted octanol–water partition coefficient (Wildman–Crippen LogP) is 4.80. The largest absolute Gasteiger partial charge is 0.481 e. The van der Waals surface area contributed by atoms with Crippen molar-refractivity contribution < 1.29 is 24.0 Å². The highest BCUT2D eigenvalue weighted by atomic mass is 16.5. The third-order valence-electron chi connectivity index (χ3n) is 8.33. The van der Waals surface area contributed by atoms with E-state index in [4.69, 9.17) is 4.52 Å². The van der Waals surface area contributed by atoms with Crippen LogP contribution in [0.1, 0.15) is 65.2 Å². The molecule has 2 aromatic heterocycles. The van der Waals surface area contributed by atoms with E-state index in [2.05, 4.69) is 32.4 Å². The van der Waals surface area contributed by atoms with Crippen molar-refractivity contribution in [3.63, 3.8) is 0 Å². The number of piperazine rings is 1. The molecule has 47 heavy (non-hydrogen) atoms. The molecule has 5 rings (SSSR count). The third-order valence-corrected chi connectivity index (χ3v) is 8.33. The molecule has 2 aromatic carbocycles. The average Bonchev–Trinajstić information content (AvgIpc) is 3.65. The number of carbonyl (C=O) groups excluding carboxylic acids is 2. The number of hydrogen-bond acceptors (Lipinski definition) is 8. The molecule has 1 saturated heterocycles. The van der Waals surface area contributed by atoms with Crippen molar-refractivity contribution in [3.8, 4) is 11.1 Å². The van der Waals surface area contributed by atoms with Gasteiger partial charge in [-0.1, -0.05) is 50.2 Å². The van der Waals surface area contributed by atoms with E-state index in [0.717, 1.165) is 54.3 Å². The number of carboxylic acid groups (broad SMARTS) is 1. The van der Waals surface area contributed by atoms with E-state index in [0.29, 0.717) is 17.1 Å². The lowest BCUT2D eigenvalue weighted by atomic mass is 9.92. The van der Waals surface area contributed by atoms with Crippen LogP contribution in [0.25, 0.3) is 11.1 Å². The summed E-state index contributed by atoms with van der Waals surface area (Å²) in [5, 5.41) is 20.9. The molecule has 1 fully saturated rings. The van der Waals surface area contributed by atoms with Crippen molar-refractivity contribution in [3.05, 3.63) is 83.0 Å². The number of benzene rings is 2. The monoisotopic (exact) mass is 641 g/mol. The minimum absolute atomic E-state index is 0.0475. The van der Waals surface area contributed by atoms with Crippen LogP contribution in [-0.4, -0.2) is 87.4 Å². The number of anilines is 2. The van der Waals surface area contributed by atoms with E-state index in [-0.39, 0.29) is 42.4 Å². The van der Waals surface area contributed by atoms with Crippen LogP contribution in [0, 0.1) is 6.92 Å². The van der Waals surface area contributed by atoms with Crippen LogP contribution in [0.2, 0.25) is 0 Å². The Hall–Kier alpha value is -4.97. The second-order valence-corrected chi connectivity index (χ2v) is 13.2. The zero-order chi connectivity index (χ0) is 33.9. The van der Waals surface area contributed by atoms with Gasteiger partial charge in [-0.3, -0.25) is 19.1 Å². The highest BCUT2D eigenvalue weighted by molar-refractivity contribution is 6.05. The summed E-state index contributed by atoms with van der Waals surface area (Å²) in [6, 6.07) is 17.2. The van der Waals surface area contributed by atoms with E-state index >= 15 is 0 Å². The fraction of sp³-hybridized carbons (Fsp3) is 0.400. The number of hydrogen-bond donors (Lipinski definition) is 2. The molecule has 1 aliphatic rings. The highest BCUT2D eigenvalue weighted by Gasteiger charge is 2.26. The van der Waals surface area contributed by atoms with E-state index in [1.165, 1.54) is 0 Å². The summed E-state index contributed by atoms with van der Waals surface area (Å²) in [5.74, 6) is -1.08. The van der Waals surface area contributed by atoms with Gasteiger partial charge in [-0.25, -0.2) is 0 Å². The number of nitrogens with zero attached hydrogens (tertiary/aromatic N) is 6. The lowest BCUT2D eigenvalue weighted by Gasteiger charge is -2.35. The van der Waals surface area contributed by atoms with Crippen LogP contribution in [0.15, 0.2) is 59.1 Å². The number of rotatable bonds is 10. The number of aryl methyl sites for hydroxylation is 2. The van der Waals surface area contributed by atoms with Gasteiger partial charge in [0.25, 0.3) is 11.8 Å². The first kappa shape index (κ1) is 33.4. The Balaban J connectivity index is 1.44. The maximum Gasteiger partial charge on any atom is 0.305 e. The van der Waals surface area contributed by atoms with Crippen LogP contribution >= 0.6 is 0 Å². The zero-order valence-corrected chi connectivity index (χ0v) is 27.9. The summed E-state index contributed by atoms with van der Waals surface area (Å²) in [4.78, 5) is 44.5. The van der Waals surface area contributed by atoms with E-state index < -0.39 is 5.97 Å². The Kier molecular flexibility index (Phi) is 9.80. The van der Waals surface area contributed by atoms with Crippen LogP contribution in [0.4, 0.5) is 11.4 Å². The quantitative estimate of drug-likeness (QED) is 0.250. The summed E-state index contributed by atoms with van der Waals surface area (Å²) in [7, 11) is 3.82. The Morgan fingerprint density at radius 1 is 0.979 bits per heavy atom. The minimum Gasteiger partial charge on any atom is -0.481 e. The maximum atomic E-state index is 13.8. The molecule has 0 unspecified atom stereocenters. The van der Waals surface area contributed by atoms with Gasteiger partial charge in [-0.2, -0.15) is 5.10 Å². The molecule has 0 radical (unpaired) electrons. The van der Waals surface area contributed by atoms with Gasteiger partial charge in [-0.05, 0) is 54.9 Å². The normalized spacial score (nSPS) is 13.9. The van der Waals surface area contributed by atoms with Crippen molar-refractivity contribution >= 4 is 29.2 Å². The Bertz CT molecular complexity index is 1760. The topological polar surface area (TPSA) is 137 Å². The smallest absolute Gasteiger partial charge is 0.305 e. The van der Waals surface area contributed by atoms with E-state index in [1.54, 1.807) is 35.7 Å². The van der Waals surface area contributed by atoms with Gasteiger partial charge in [-0.15, -0.1) is 0 Å². The van der Waals surface area contributed by atoms with Gasteiger partial charge in [0.2, 0.25) is 0 Å². The van der Waals surface area contributed by atoms with Crippen LogP contribution < -0.4 is 10.2 Å². The maximum absolute atomic E-state index is 13.8. The highest BCUT2D eigenvalue weighted by Crippen LogP contribution is 2.33. The molecular formula is C35H43N7O5. The molecule has 4 aromatic rings. The number of carboxylic acids is 1. The third kappa shape index (κ3) is 8.07. The van der Waals surface area contributed by atoms with Crippen molar-refractivity contribution in [2.45, 2.75) is 46.1 Å². The predicted molar refractivity (Wildman–Crippen MR) is 180 cm³/mol. The zero-order valence-electron chi connectivity index (χ0n) is 27.9. The van der Waals surface area contributed by atoms with Gasteiger partial charge in [0, 0.05) is 57.8 Å². The molecule has 1 aliphatic heterocycles. The van der Waals surface area contributed by atoms with Crippen LogP contribution in [-0.2, 0) is 23.8 Å². The van der Waals surface area contributed by atoms with Gasteiger partial charge >= 0.3 is 5.97 Å². The number of aromatic nitrogens is 3. The standard InChI is InChI=1S/C35H43N7O5/c1-23-18-28(38-47-23)33(45)36-27-20-26(10-11-29(27)41-16-14-39(5)15-17-41)25-9-7-8-24(19-25)22-42(13-12-32(43)44)34(46)30-21-31(35(2,3)4)37-40(30)6/h7-11,18-21H,12-17,22H2,1-6H3,(H,36,45)(H,43,44). The van der Waals surface area contributed by atoms with Crippen molar-refractivity contribution in [2.24, 2.45) is 7.05 Å². The molecule has 2 N–H and O–H groups in total. The van der Waals surface area contributed by atoms with Crippen molar-refractivity contribution in [1.82, 2.24) is 24.7 Å². The number of nitrogens with one attached hydrogen (secondary N) is 1. The molecule has 0 aliphatic carbocycles. The number of aliphatic carboxylic acids is 1.